The van der Waals surface area contributed by atoms with Crippen LogP contribution >= 0.6 is 0 Å². The zero-order chi connectivity index (χ0) is 13.1. The summed E-state index contributed by atoms with van der Waals surface area (Å²) >= 11 is 0. The number of rotatable bonds is 5. The van der Waals surface area contributed by atoms with Crippen molar-refractivity contribution in [1.82, 2.24) is 4.90 Å². The number of benzene rings is 1. The summed E-state index contributed by atoms with van der Waals surface area (Å²) in [5.41, 5.74) is 4.14. The Morgan fingerprint density at radius 2 is 2.21 bits per heavy atom. The second kappa shape index (κ2) is 5.49. The van der Waals surface area contributed by atoms with Gasteiger partial charge in [-0.05, 0) is 42.3 Å². The molecule has 1 aromatic carbocycles. The maximum Gasteiger partial charge on any atom is 0.117 e. The van der Waals surface area contributed by atoms with E-state index in [0.29, 0.717) is 0 Å². The van der Waals surface area contributed by atoms with Gasteiger partial charge in [0.15, 0.2) is 0 Å². The highest BCUT2D eigenvalue weighted by atomic mass is 16.3. The first-order chi connectivity index (χ1) is 9.35. The Kier molecular flexibility index (Phi) is 3.56. The molecule has 0 amide bonds. The molecule has 0 fully saturated rings. The molecule has 3 nitrogen and oxygen atoms in total. The summed E-state index contributed by atoms with van der Waals surface area (Å²) in [6.45, 7) is 6.14. The van der Waals surface area contributed by atoms with Gasteiger partial charge in [-0.2, -0.15) is 0 Å². The van der Waals surface area contributed by atoms with Crippen LogP contribution in [0.5, 0.6) is 0 Å². The molecule has 0 saturated carbocycles. The third-order valence-corrected chi connectivity index (χ3v) is 3.69. The maximum atomic E-state index is 5.43. The third kappa shape index (κ3) is 2.82. The zero-order valence-corrected chi connectivity index (χ0v) is 11.4. The molecule has 0 bridgehead atoms. The predicted octanol–water partition coefficient (Wildman–Crippen LogP) is 3.27. The molecular formula is C16H20N2O. The lowest BCUT2D eigenvalue weighted by molar-refractivity contribution is 0.248. The lowest BCUT2D eigenvalue weighted by Gasteiger charge is -2.19. The molecule has 3 heteroatoms. The van der Waals surface area contributed by atoms with Crippen molar-refractivity contribution >= 4 is 5.69 Å². The molecule has 1 N–H and O–H groups in total. The van der Waals surface area contributed by atoms with Gasteiger partial charge in [-0.15, -0.1) is 0 Å². The van der Waals surface area contributed by atoms with Gasteiger partial charge in [0, 0.05) is 18.8 Å². The molecule has 3 rings (SSSR count). The van der Waals surface area contributed by atoms with E-state index in [-0.39, 0.29) is 0 Å². The summed E-state index contributed by atoms with van der Waals surface area (Å²) in [6, 6.07) is 10.7. The summed E-state index contributed by atoms with van der Waals surface area (Å²) in [7, 11) is 0. The molecule has 1 aromatic heterocycles. The molecule has 19 heavy (non-hydrogen) atoms. The van der Waals surface area contributed by atoms with Crippen molar-refractivity contribution in [3.63, 3.8) is 0 Å². The van der Waals surface area contributed by atoms with E-state index >= 15 is 0 Å². The molecule has 1 aliphatic rings. The minimum Gasteiger partial charge on any atom is -0.468 e. The first-order valence-corrected chi connectivity index (χ1v) is 6.95. The fraction of sp³-hybridized carbons (Fsp3) is 0.375. The minimum atomic E-state index is 0.874. The van der Waals surface area contributed by atoms with Crippen LogP contribution in [-0.4, -0.2) is 18.0 Å². The van der Waals surface area contributed by atoms with Crippen molar-refractivity contribution in [2.24, 2.45) is 0 Å². The molecule has 0 spiro atoms. The Hall–Kier alpha value is -1.74. The van der Waals surface area contributed by atoms with Crippen LogP contribution in [0.4, 0.5) is 5.69 Å². The second-order valence-corrected chi connectivity index (χ2v) is 5.05. The topological polar surface area (TPSA) is 28.4 Å². The van der Waals surface area contributed by atoms with Crippen molar-refractivity contribution in [3.8, 4) is 0 Å². The first-order valence-electron chi connectivity index (χ1n) is 6.95. The van der Waals surface area contributed by atoms with Gasteiger partial charge in [-0.25, -0.2) is 0 Å². The lowest BCUT2D eigenvalue weighted by atomic mass is 10.1. The third-order valence-electron chi connectivity index (χ3n) is 3.69. The van der Waals surface area contributed by atoms with E-state index in [0.717, 1.165) is 38.4 Å². The van der Waals surface area contributed by atoms with Gasteiger partial charge in [-0.3, -0.25) is 4.90 Å². The molecule has 0 saturated heterocycles. The summed E-state index contributed by atoms with van der Waals surface area (Å²) < 4.78 is 5.43. The van der Waals surface area contributed by atoms with Crippen LogP contribution in [0.1, 0.15) is 23.8 Å². The molecule has 2 aromatic rings. The number of anilines is 1. The highest BCUT2D eigenvalue weighted by molar-refractivity contribution is 5.56. The van der Waals surface area contributed by atoms with E-state index in [1.807, 2.05) is 12.1 Å². The molecule has 0 unspecified atom stereocenters. The van der Waals surface area contributed by atoms with E-state index in [1.165, 1.54) is 16.8 Å². The zero-order valence-electron chi connectivity index (χ0n) is 11.4. The van der Waals surface area contributed by atoms with Gasteiger partial charge in [-0.1, -0.05) is 19.1 Å². The Morgan fingerprint density at radius 3 is 3.00 bits per heavy atom. The number of hydrogen-bond donors (Lipinski definition) is 1. The van der Waals surface area contributed by atoms with Gasteiger partial charge in [0.05, 0.1) is 12.8 Å². The number of nitrogens with one attached hydrogen (secondary N) is 1. The molecule has 0 atom stereocenters. The fourth-order valence-corrected chi connectivity index (χ4v) is 2.62. The number of fused-ring (bicyclic) bond motifs is 1. The molecule has 0 aliphatic carbocycles. The monoisotopic (exact) mass is 256 g/mol. The van der Waals surface area contributed by atoms with E-state index in [1.54, 1.807) is 6.26 Å². The standard InChI is InChI=1S/C16H20N2O/c1-2-18(12-15-4-3-9-19-15)11-13-5-6-16-14(10-13)7-8-17-16/h3-6,9-10,17H,2,7-8,11-12H2,1H3. The number of hydrogen-bond acceptors (Lipinski definition) is 3. The predicted molar refractivity (Wildman–Crippen MR) is 77.1 cm³/mol. The summed E-state index contributed by atoms with van der Waals surface area (Å²) in [5, 5.41) is 3.40. The van der Waals surface area contributed by atoms with Gasteiger partial charge in [0.1, 0.15) is 5.76 Å². The maximum absolute atomic E-state index is 5.43. The molecular weight excluding hydrogens is 236 g/mol. The Morgan fingerprint density at radius 1 is 1.26 bits per heavy atom. The molecule has 1 aliphatic heterocycles. The smallest absolute Gasteiger partial charge is 0.117 e. The van der Waals surface area contributed by atoms with Gasteiger partial charge >= 0.3 is 0 Å². The highest BCUT2D eigenvalue weighted by Gasteiger charge is 2.12. The van der Waals surface area contributed by atoms with Crippen LogP contribution in [0.2, 0.25) is 0 Å². The minimum absolute atomic E-state index is 0.874. The van der Waals surface area contributed by atoms with Crippen molar-refractivity contribution in [2.75, 3.05) is 18.4 Å². The lowest BCUT2D eigenvalue weighted by Crippen LogP contribution is -2.22. The molecule has 0 radical (unpaired) electrons. The van der Waals surface area contributed by atoms with E-state index in [4.69, 9.17) is 4.42 Å². The SMILES string of the molecule is CCN(Cc1ccc2c(c1)CCN2)Cc1ccco1. The summed E-state index contributed by atoms with van der Waals surface area (Å²) in [4.78, 5) is 2.39. The number of furan rings is 1. The van der Waals surface area contributed by atoms with Crippen LogP contribution in [0.3, 0.4) is 0 Å². The first kappa shape index (κ1) is 12.3. The Bertz CT molecular complexity index is 534. The average molecular weight is 256 g/mol. The van der Waals surface area contributed by atoms with Crippen LogP contribution < -0.4 is 5.32 Å². The second-order valence-electron chi connectivity index (χ2n) is 5.05. The Balaban J connectivity index is 1.68. The van der Waals surface area contributed by atoms with E-state index in [2.05, 4.69) is 35.3 Å². The van der Waals surface area contributed by atoms with Crippen molar-refractivity contribution in [1.29, 1.82) is 0 Å². The van der Waals surface area contributed by atoms with Crippen molar-refractivity contribution in [3.05, 3.63) is 53.5 Å². The fourth-order valence-electron chi connectivity index (χ4n) is 2.62. The molecule has 100 valence electrons. The summed E-state index contributed by atoms with van der Waals surface area (Å²) in [6.07, 6.45) is 2.89. The van der Waals surface area contributed by atoms with E-state index in [9.17, 15) is 0 Å². The van der Waals surface area contributed by atoms with Crippen LogP contribution in [-0.2, 0) is 19.5 Å². The van der Waals surface area contributed by atoms with Crippen LogP contribution in [0, 0.1) is 0 Å². The van der Waals surface area contributed by atoms with Gasteiger partial charge in [0.2, 0.25) is 0 Å². The quantitative estimate of drug-likeness (QED) is 0.890. The number of nitrogens with zero attached hydrogens (tertiary/aromatic N) is 1. The van der Waals surface area contributed by atoms with Crippen molar-refractivity contribution < 1.29 is 4.42 Å². The highest BCUT2D eigenvalue weighted by Crippen LogP contribution is 2.23. The van der Waals surface area contributed by atoms with E-state index < -0.39 is 0 Å². The Labute approximate surface area is 114 Å². The van der Waals surface area contributed by atoms with Gasteiger partial charge in [0.25, 0.3) is 0 Å². The average Bonchev–Trinajstić information content (AvgIpc) is 3.08. The largest absolute Gasteiger partial charge is 0.468 e. The van der Waals surface area contributed by atoms with Crippen molar-refractivity contribution in [2.45, 2.75) is 26.4 Å². The molecule has 2 heterocycles. The summed E-state index contributed by atoms with van der Waals surface area (Å²) in [5.74, 6) is 1.03. The van der Waals surface area contributed by atoms with Gasteiger partial charge < -0.3 is 9.73 Å². The van der Waals surface area contributed by atoms with Crippen LogP contribution in [0.25, 0.3) is 0 Å². The normalized spacial score (nSPS) is 13.6. The van der Waals surface area contributed by atoms with Crippen LogP contribution in [0.15, 0.2) is 41.0 Å².